The second-order valence-electron chi connectivity index (χ2n) is 34.8. The van der Waals surface area contributed by atoms with Gasteiger partial charge in [0.2, 0.25) is 0 Å². The molecule has 0 spiro atoms. The van der Waals surface area contributed by atoms with Crippen molar-refractivity contribution < 1.29 is 0 Å². The van der Waals surface area contributed by atoms with Gasteiger partial charge < -0.3 is 13.7 Å². The number of nitrogens with zero attached hydrogens (tertiary/aromatic N) is 12. The number of aromatic nitrogens is 12. The molecule has 141 heavy (non-hydrogen) atoms. The van der Waals surface area contributed by atoms with Gasteiger partial charge in [-0.2, -0.15) is 0 Å². The van der Waals surface area contributed by atoms with Crippen LogP contribution in [0.15, 0.2) is 522 Å². The predicted octanol–water partition coefficient (Wildman–Crippen LogP) is 32.2. The summed E-state index contributed by atoms with van der Waals surface area (Å²) in [7, 11) is 0. The maximum Gasteiger partial charge on any atom is 0.164 e. The lowest BCUT2D eigenvalue weighted by molar-refractivity contribution is 1.07. The average Bonchev–Trinajstić information content (AvgIpc) is 1.61. The molecular weight excluding hydrogens is 1720 g/mol. The van der Waals surface area contributed by atoms with Gasteiger partial charge in [-0.25, -0.2) is 44.9 Å². The molecule has 0 aliphatic heterocycles. The first kappa shape index (κ1) is 84.8. The Bertz CT molecular complexity index is 8960. The minimum atomic E-state index is 0.630. The number of hydrogen-bond acceptors (Lipinski definition) is 9. The van der Waals surface area contributed by atoms with Crippen molar-refractivity contribution in [2.75, 3.05) is 0 Å². The molecule has 0 saturated heterocycles. The highest BCUT2D eigenvalue weighted by atomic mass is 15.1. The van der Waals surface area contributed by atoms with Gasteiger partial charge in [0.25, 0.3) is 0 Å². The molecule has 662 valence electrons. The van der Waals surface area contributed by atoms with Crippen LogP contribution in [0.1, 0.15) is 0 Å². The largest absolute Gasteiger partial charge is 0.309 e. The minimum Gasteiger partial charge on any atom is -0.309 e. The van der Waals surface area contributed by atoms with Gasteiger partial charge in [-0.05, 0) is 159 Å². The summed E-state index contributed by atoms with van der Waals surface area (Å²) in [5, 5.41) is 7.34. The van der Waals surface area contributed by atoms with Crippen LogP contribution >= 0.6 is 0 Å². The Morgan fingerprint density at radius 3 is 0.532 bits per heavy atom. The molecule has 12 heteroatoms. The third-order valence-corrected chi connectivity index (χ3v) is 26.0. The maximum atomic E-state index is 5.06. The fraction of sp³-hybridized carbons (Fsp3) is 0. The normalized spacial score (nSPS) is 11.3. The van der Waals surface area contributed by atoms with Gasteiger partial charge in [-0.15, -0.1) is 0 Å². The third-order valence-electron chi connectivity index (χ3n) is 26.0. The standard InChI is InChI=1S/2C45H30N4.C39H26N4/c1-4-13-31(14-5-1)33-23-25-35(26-24-33)44-46-43(34-17-8-3-9-18-34)47-45(48-44)37-19-12-20-38(29-37)49-41-22-11-10-21-39(41)40-30-36(27-28-42(40)49)32-15-6-2-7-16-32;1-4-12-31(13-5-1)33-20-22-35(23-21-33)44-46-43(34-16-8-3-9-17-34)47-45(48-44)36-24-27-38(28-25-36)49-41-19-11-10-18-39(41)40-30-37(26-29-42(40)49)32-14-6-2-7-15-32;1-4-13-27(14-5-1)30-23-24-36-34(26-30)33-21-10-11-22-35(33)43(36)32-20-12-19-31(25-32)39-41-37(28-15-6-2-7-16-28)40-38(42-39)29-17-8-3-9-18-29/h2*1-30H;1-26H. The van der Waals surface area contributed by atoms with Crippen LogP contribution in [-0.2, 0) is 0 Å². The van der Waals surface area contributed by atoms with Crippen molar-refractivity contribution in [1.82, 2.24) is 58.6 Å². The number of fused-ring (bicyclic) bond motifs is 9. The van der Waals surface area contributed by atoms with Crippen LogP contribution in [0.3, 0.4) is 0 Å². The average molecular weight is 1800 g/mol. The van der Waals surface area contributed by atoms with E-state index in [1.54, 1.807) is 0 Å². The number of rotatable bonds is 17. The predicted molar refractivity (Wildman–Crippen MR) is 579 cm³/mol. The smallest absolute Gasteiger partial charge is 0.164 e. The number of benzene rings is 20. The first-order valence-electron chi connectivity index (χ1n) is 47.3. The molecule has 0 aliphatic rings. The topological polar surface area (TPSA) is 131 Å². The summed E-state index contributed by atoms with van der Waals surface area (Å²) in [5.41, 5.74) is 30.5. The monoisotopic (exact) mass is 1800 g/mol. The van der Waals surface area contributed by atoms with Gasteiger partial charge in [-0.3, -0.25) is 0 Å². The van der Waals surface area contributed by atoms with E-state index >= 15 is 0 Å². The first-order chi connectivity index (χ1) is 69.9. The fourth-order valence-electron chi connectivity index (χ4n) is 19.0. The Morgan fingerprint density at radius 1 is 0.0993 bits per heavy atom. The molecule has 12 nitrogen and oxygen atoms in total. The lowest BCUT2D eigenvalue weighted by Crippen LogP contribution is -2.01. The highest BCUT2D eigenvalue weighted by Crippen LogP contribution is 2.42. The molecule has 0 saturated carbocycles. The molecule has 6 aromatic heterocycles. The number of para-hydroxylation sites is 3. The fourth-order valence-corrected chi connectivity index (χ4v) is 19.0. The van der Waals surface area contributed by atoms with E-state index in [9.17, 15) is 0 Å². The van der Waals surface area contributed by atoms with Crippen LogP contribution in [0.2, 0.25) is 0 Å². The Balaban J connectivity index is 0.000000115. The molecule has 0 aliphatic carbocycles. The summed E-state index contributed by atoms with van der Waals surface area (Å²) >= 11 is 0. The quantitative estimate of drug-likeness (QED) is 0.0874. The molecule has 26 aromatic rings. The van der Waals surface area contributed by atoms with Crippen LogP contribution in [0.5, 0.6) is 0 Å². The van der Waals surface area contributed by atoms with Crippen molar-refractivity contribution in [1.29, 1.82) is 0 Å². The summed E-state index contributed by atoms with van der Waals surface area (Å²) in [6, 6.07) is 181. The van der Waals surface area contributed by atoms with Crippen LogP contribution in [-0.4, -0.2) is 58.6 Å². The molecule has 0 bridgehead atoms. The number of hydrogen-bond donors (Lipinski definition) is 0. The Morgan fingerprint density at radius 2 is 0.270 bits per heavy atom. The maximum absolute atomic E-state index is 5.06. The second-order valence-corrected chi connectivity index (χ2v) is 34.8. The van der Waals surface area contributed by atoms with Gasteiger partial charge in [0, 0.05) is 99.5 Å². The lowest BCUT2D eigenvalue weighted by Gasteiger charge is -2.12. The van der Waals surface area contributed by atoms with Gasteiger partial charge in [0.15, 0.2) is 52.4 Å². The molecule has 0 fully saturated rings. The van der Waals surface area contributed by atoms with Crippen LogP contribution in [0.4, 0.5) is 0 Å². The molecule has 0 unspecified atom stereocenters. The zero-order chi connectivity index (χ0) is 93.7. The summed E-state index contributed by atoms with van der Waals surface area (Å²) in [5.74, 6) is 5.78. The van der Waals surface area contributed by atoms with Crippen molar-refractivity contribution in [3.8, 4) is 175 Å². The highest BCUT2D eigenvalue weighted by molar-refractivity contribution is 6.13. The van der Waals surface area contributed by atoms with Gasteiger partial charge in [0.1, 0.15) is 0 Å². The van der Waals surface area contributed by atoms with E-state index in [-0.39, 0.29) is 0 Å². The molecule has 0 amide bonds. The Labute approximate surface area is 815 Å². The van der Waals surface area contributed by atoms with Crippen LogP contribution in [0, 0.1) is 0 Å². The second kappa shape index (κ2) is 37.9. The zero-order valence-corrected chi connectivity index (χ0v) is 76.5. The summed E-state index contributed by atoms with van der Waals surface area (Å²) in [4.78, 5) is 44.7. The third kappa shape index (κ3) is 17.2. The van der Waals surface area contributed by atoms with Crippen LogP contribution in [0.25, 0.3) is 241 Å². The lowest BCUT2D eigenvalue weighted by atomic mass is 10.0. The van der Waals surface area contributed by atoms with Crippen molar-refractivity contribution in [2.24, 2.45) is 0 Å². The molecule has 20 aromatic carbocycles. The summed E-state index contributed by atoms with van der Waals surface area (Å²) < 4.78 is 7.01. The SMILES string of the molecule is c1ccc(-c2ccc(-c3nc(-c4ccccc4)nc(-c4ccc(-n5c6ccccc6c6cc(-c7ccccc7)ccc65)cc4)n3)cc2)cc1.c1ccc(-c2ccc(-c3nc(-c4ccccc4)nc(-c4cccc(-n5c6ccccc6c6cc(-c7ccccc7)ccc65)c4)n3)cc2)cc1.c1ccc(-c2ccc3c(c2)c2ccccc2n3-c2cccc(-c3nc(-c4ccccc4)nc(-c4ccccc4)n3)c2)cc1. The van der Waals surface area contributed by atoms with Crippen LogP contribution < -0.4 is 0 Å². The molecular formula is C129H86N12. The van der Waals surface area contributed by atoms with E-state index in [4.69, 9.17) is 44.9 Å². The van der Waals surface area contributed by atoms with Crippen molar-refractivity contribution in [3.05, 3.63) is 522 Å². The zero-order valence-electron chi connectivity index (χ0n) is 76.5. The van der Waals surface area contributed by atoms with Crippen molar-refractivity contribution in [3.63, 3.8) is 0 Å². The van der Waals surface area contributed by atoms with Crippen molar-refractivity contribution >= 4 is 65.4 Å². The molecule has 6 heterocycles. The van der Waals surface area contributed by atoms with E-state index in [2.05, 4.69) is 402 Å². The highest BCUT2D eigenvalue weighted by Gasteiger charge is 2.23. The molecule has 0 atom stereocenters. The van der Waals surface area contributed by atoms with E-state index in [1.807, 2.05) is 133 Å². The van der Waals surface area contributed by atoms with E-state index in [0.717, 1.165) is 100 Å². The molecule has 0 radical (unpaired) electrons. The van der Waals surface area contributed by atoms with Gasteiger partial charge in [-0.1, -0.05) is 419 Å². The Kier molecular flexibility index (Phi) is 22.8. The van der Waals surface area contributed by atoms with Crippen molar-refractivity contribution in [2.45, 2.75) is 0 Å². The minimum absolute atomic E-state index is 0.630. The van der Waals surface area contributed by atoms with Gasteiger partial charge in [0.05, 0.1) is 33.1 Å². The Hall–Kier alpha value is -19.2. The van der Waals surface area contributed by atoms with Gasteiger partial charge >= 0.3 is 0 Å². The summed E-state index contributed by atoms with van der Waals surface area (Å²) in [6.07, 6.45) is 0. The first-order valence-corrected chi connectivity index (χ1v) is 47.3. The van der Waals surface area contributed by atoms with E-state index in [0.29, 0.717) is 52.4 Å². The molecule has 26 rings (SSSR count). The summed E-state index contributed by atoms with van der Waals surface area (Å²) in [6.45, 7) is 0. The van der Waals surface area contributed by atoms with E-state index < -0.39 is 0 Å². The van der Waals surface area contributed by atoms with E-state index in [1.165, 1.54) is 87.9 Å². The molecule has 0 N–H and O–H groups in total.